The fraction of sp³-hybridized carbons (Fsp3) is 0.474. The molecule has 26 heavy (non-hydrogen) atoms. The molecule has 7 heteroatoms. The van der Waals surface area contributed by atoms with Gasteiger partial charge in [0.15, 0.2) is 5.82 Å². The van der Waals surface area contributed by atoms with Crippen LogP contribution in [0.25, 0.3) is 11.4 Å². The molecule has 1 amide bonds. The van der Waals surface area contributed by atoms with Crippen LogP contribution < -0.4 is 0 Å². The molecule has 1 aliphatic carbocycles. The van der Waals surface area contributed by atoms with Gasteiger partial charge in [-0.15, -0.1) is 10.2 Å². The maximum atomic E-state index is 12.8. The summed E-state index contributed by atoms with van der Waals surface area (Å²) in [6.45, 7) is 1.88. The van der Waals surface area contributed by atoms with Crippen molar-refractivity contribution in [3.8, 4) is 11.4 Å². The predicted molar refractivity (Wildman–Crippen MR) is 94.2 cm³/mol. The smallest absolute Gasteiger partial charge is 0.306 e. The lowest BCUT2D eigenvalue weighted by molar-refractivity contribution is -0.141. The van der Waals surface area contributed by atoms with Gasteiger partial charge in [0, 0.05) is 37.5 Å². The van der Waals surface area contributed by atoms with Gasteiger partial charge in [0.25, 0.3) is 0 Å². The molecule has 1 aliphatic heterocycles. The van der Waals surface area contributed by atoms with E-state index in [4.69, 9.17) is 5.11 Å². The zero-order valence-corrected chi connectivity index (χ0v) is 14.5. The first kappa shape index (κ1) is 16.8. The third kappa shape index (κ3) is 3.09. The number of nitrogens with zero attached hydrogens (tertiary/aromatic N) is 4. The Labute approximate surface area is 151 Å². The summed E-state index contributed by atoms with van der Waals surface area (Å²) < 4.78 is 2.09. The molecule has 1 aromatic heterocycles. The van der Waals surface area contributed by atoms with Crippen LogP contribution in [0.15, 0.2) is 30.3 Å². The van der Waals surface area contributed by atoms with Crippen LogP contribution in [0, 0.1) is 11.8 Å². The third-order valence-electron chi connectivity index (χ3n) is 5.50. The van der Waals surface area contributed by atoms with Gasteiger partial charge >= 0.3 is 5.97 Å². The number of aromatic nitrogens is 3. The summed E-state index contributed by atoms with van der Waals surface area (Å²) in [5.41, 5.74) is 1.02. The Morgan fingerprint density at radius 3 is 2.50 bits per heavy atom. The highest BCUT2D eigenvalue weighted by atomic mass is 16.4. The van der Waals surface area contributed by atoms with Crippen LogP contribution in [0.4, 0.5) is 0 Å². The van der Waals surface area contributed by atoms with Crippen molar-refractivity contribution >= 4 is 11.9 Å². The first-order valence-corrected chi connectivity index (χ1v) is 9.12. The molecular weight excluding hydrogens is 332 g/mol. The van der Waals surface area contributed by atoms with Gasteiger partial charge in [-0.3, -0.25) is 9.59 Å². The van der Waals surface area contributed by atoms with E-state index < -0.39 is 5.97 Å². The lowest BCUT2D eigenvalue weighted by atomic mass is 10.0. The molecule has 0 spiro atoms. The van der Waals surface area contributed by atoms with E-state index in [1.54, 1.807) is 0 Å². The Kier molecular flexibility index (Phi) is 4.44. The second-order valence-corrected chi connectivity index (χ2v) is 7.08. The number of benzene rings is 1. The van der Waals surface area contributed by atoms with Gasteiger partial charge in [-0.2, -0.15) is 0 Å². The highest BCUT2D eigenvalue weighted by molar-refractivity contribution is 5.81. The fourth-order valence-electron chi connectivity index (χ4n) is 4.03. The summed E-state index contributed by atoms with van der Waals surface area (Å²) in [5, 5.41) is 17.8. The SMILES string of the molecule is O=C(O)[C@H]1CC[C@@H](C(=O)N2CCc3nnc(-c4ccccc4)n3CC2)C1. The quantitative estimate of drug-likeness (QED) is 0.908. The second kappa shape index (κ2) is 6.90. The zero-order chi connectivity index (χ0) is 18.1. The minimum atomic E-state index is -0.783. The Hall–Kier alpha value is -2.70. The number of carbonyl (C=O) groups excluding carboxylic acids is 1. The molecule has 2 atom stereocenters. The molecule has 2 aromatic rings. The average molecular weight is 354 g/mol. The van der Waals surface area contributed by atoms with Gasteiger partial charge in [0.05, 0.1) is 5.92 Å². The molecule has 0 unspecified atom stereocenters. The second-order valence-electron chi connectivity index (χ2n) is 7.08. The maximum absolute atomic E-state index is 12.8. The molecule has 136 valence electrons. The van der Waals surface area contributed by atoms with Crippen molar-refractivity contribution in [1.82, 2.24) is 19.7 Å². The van der Waals surface area contributed by atoms with Gasteiger partial charge in [-0.25, -0.2) is 0 Å². The van der Waals surface area contributed by atoms with E-state index >= 15 is 0 Å². The number of carboxylic acids is 1. The van der Waals surface area contributed by atoms with Crippen LogP contribution >= 0.6 is 0 Å². The van der Waals surface area contributed by atoms with Crippen LogP contribution in [0.1, 0.15) is 25.1 Å². The number of aliphatic carboxylic acids is 1. The third-order valence-corrected chi connectivity index (χ3v) is 5.50. The standard InChI is InChI=1S/C19H22N4O3/c24-18(14-6-7-15(12-14)19(25)26)22-9-8-16-20-21-17(23(16)11-10-22)13-4-2-1-3-5-13/h1-5,14-15H,6-12H2,(H,25,26)/t14-,15+/m1/s1. The summed E-state index contributed by atoms with van der Waals surface area (Å²) >= 11 is 0. The fourth-order valence-corrected chi connectivity index (χ4v) is 4.03. The molecule has 2 aliphatic rings. The topological polar surface area (TPSA) is 88.3 Å². The molecule has 2 heterocycles. The molecule has 4 rings (SSSR count). The van der Waals surface area contributed by atoms with E-state index in [-0.39, 0.29) is 17.7 Å². The van der Waals surface area contributed by atoms with E-state index in [9.17, 15) is 9.59 Å². The van der Waals surface area contributed by atoms with Crippen LogP contribution in [0.3, 0.4) is 0 Å². The van der Waals surface area contributed by atoms with Gasteiger partial charge < -0.3 is 14.6 Å². The van der Waals surface area contributed by atoms with E-state index in [0.29, 0.717) is 45.3 Å². The van der Waals surface area contributed by atoms with Crippen molar-refractivity contribution < 1.29 is 14.7 Å². The Balaban J connectivity index is 1.47. The normalized spacial score (nSPS) is 22.7. The van der Waals surface area contributed by atoms with Crippen LogP contribution in [0.5, 0.6) is 0 Å². The van der Waals surface area contributed by atoms with Crippen LogP contribution in [-0.2, 0) is 22.6 Å². The summed E-state index contributed by atoms with van der Waals surface area (Å²) in [7, 11) is 0. The Morgan fingerprint density at radius 2 is 1.77 bits per heavy atom. The molecule has 1 N–H and O–H groups in total. The Morgan fingerprint density at radius 1 is 1.00 bits per heavy atom. The predicted octanol–water partition coefficient (Wildman–Crippen LogP) is 1.83. The molecule has 7 nitrogen and oxygen atoms in total. The largest absolute Gasteiger partial charge is 0.481 e. The molecule has 1 fully saturated rings. The number of hydrogen-bond acceptors (Lipinski definition) is 4. The molecule has 0 radical (unpaired) electrons. The number of carbonyl (C=O) groups is 2. The highest BCUT2D eigenvalue weighted by Gasteiger charge is 2.36. The summed E-state index contributed by atoms with van der Waals surface area (Å²) in [5.74, 6) is 0.507. The number of amides is 1. The first-order chi connectivity index (χ1) is 12.6. The molecule has 0 saturated heterocycles. The van der Waals surface area contributed by atoms with Crippen molar-refractivity contribution in [2.45, 2.75) is 32.2 Å². The van der Waals surface area contributed by atoms with Gasteiger partial charge in [-0.05, 0) is 19.3 Å². The van der Waals surface area contributed by atoms with Crippen molar-refractivity contribution in [3.05, 3.63) is 36.2 Å². The minimum absolute atomic E-state index is 0.0914. The monoisotopic (exact) mass is 354 g/mol. The molecule has 1 aromatic carbocycles. The number of rotatable bonds is 3. The van der Waals surface area contributed by atoms with Crippen LogP contribution in [0.2, 0.25) is 0 Å². The minimum Gasteiger partial charge on any atom is -0.481 e. The van der Waals surface area contributed by atoms with Gasteiger partial charge in [-0.1, -0.05) is 30.3 Å². The summed E-state index contributed by atoms with van der Waals surface area (Å²) in [4.78, 5) is 25.9. The van der Waals surface area contributed by atoms with Crippen molar-refractivity contribution in [1.29, 1.82) is 0 Å². The summed E-state index contributed by atoms with van der Waals surface area (Å²) in [6.07, 6.45) is 2.41. The molecular formula is C19H22N4O3. The maximum Gasteiger partial charge on any atom is 0.306 e. The summed E-state index contributed by atoms with van der Waals surface area (Å²) in [6, 6.07) is 9.94. The number of hydrogen-bond donors (Lipinski definition) is 1. The average Bonchev–Trinajstić information content (AvgIpc) is 3.25. The highest BCUT2D eigenvalue weighted by Crippen LogP contribution is 2.32. The molecule has 1 saturated carbocycles. The van der Waals surface area contributed by atoms with E-state index in [2.05, 4.69) is 14.8 Å². The van der Waals surface area contributed by atoms with E-state index in [1.807, 2.05) is 35.2 Å². The van der Waals surface area contributed by atoms with Crippen LogP contribution in [-0.4, -0.2) is 49.7 Å². The lowest BCUT2D eigenvalue weighted by Crippen LogP contribution is -2.37. The van der Waals surface area contributed by atoms with Crippen molar-refractivity contribution in [2.24, 2.45) is 11.8 Å². The Bertz CT molecular complexity index is 817. The van der Waals surface area contributed by atoms with E-state index in [0.717, 1.165) is 17.2 Å². The number of fused-ring (bicyclic) bond motifs is 1. The first-order valence-electron chi connectivity index (χ1n) is 9.12. The molecule has 0 bridgehead atoms. The van der Waals surface area contributed by atoms with Crippen molar-refractivity contribution in [3.63, 3.8) is 0 Å². The lowest BCUT2D eigenvalue weighted by Gasteiger charge is -2.23. The van der Waals surface area contributed by atoms with E-state index in [1.165, 1.54) is 0 Å². The zero-order valence-electron chi connectivity index (χ0n) is 14.5. The number of carboxylic acid groups (broad SMARTS) is 1. The van der Waals surface area contributed by atoms with Gasteiger partial charge in [0.2, 0.25) is 5.91 Å². The van der Waals surface area contributed by atoms with Crippen molar-refractivity contribution in [2.75, 3.05) is 13.1 Å². The van der Waals surface area contributed by atoms with Gasteiger partial charge in [0.1, 0.15) is 5.82 Å².